The van der Waals surface area contributed by atoms with E-state index in [0.717, 1.165) is 6.42 Å². The summed E-state index contributed by atoms with van der Waals surface area (Å²) in [5, 5.41) is 0.513. The Morgan fingerprint density at radius 2 is 2.08 bits per heavy atom. The number of ether oxygens (including phenoxy) is 1. The van der Waals surface area contributed by atoms with Gasteiger partial charge in [-0.3, -0.25) is 0 Å². The van der Waals surface area contributed by atoms with E-state index in [4.69, 9.17) is 16.3 Å². The third kappa shape index (κ3) is 5.86. The summed E-state index contributed by atoms with van der Waals surface area (Å²) in [4.78, 5) is 13.8. The molecule has 0 N–H and O–H groups in total. The number of amides is 1. The minimum absolute atomic E-state index is 0.101. The lowest BCUT2D eigenvalue weighted by molar-refractivity contribution is 0.0173. The van der Waals surface area contributed by atoms with Crippen molar-refractivity contribution in [2.24, 2.45) is 0 Å². The monoisotopic (exact) mass is 402 g/mol. The third-order valence-corrected chi connectivity index (χ3v) is 6.27. The number of sulfonamides is 1. The molecule has 26 heavy (non-hydrogen) atoms. The molecule has 2 rings (SSSR count). The number of nitrogens with zero attached hydrogens (tertiary/aromatic N) is 2. The molecule has 1 aliphatic rings. The zero-order valence-corrected chi connectivity index (χ0v) is 17.3. The van der Waals surface area contributed by atoms with Crippen LogP contribution < -0.4 is 0 Å². The van der Waals surface area contributed by atoms with E-state index in [-0.39, 0.29) is 18.3 Å². The van der Waals surface area contributed by atoms with Crippen molar-refractivity contribution in [2.75, 3.05) is 20.1 Å². The van der Waals surface area contributed by atoms with Gasteiger partial charge in [-0.15, -0.1) is 0 Å². The van der Waals surface area contributed by atoms with Crippen molar-refractivity contribution in [3.8, 4) is 0 Å². The van der Waals surface area contributed by atoms with E-state index in [2.05, 4.69) is 0 Å². The summed E-state index contributed by atoms with van der Waals surface area (Å²) in [5.41, 5.74) is 0.0679. The largest absolute Gasteiger partial charge is 0.444 e. The van der Waals surface area contributed by atoms with Crippen LogP contribution in [0.2, 0.25) is 5.02 Å². The summed E-state index contributed by atoms with van der Waals surface area (Å²) in [6.45, 7) is 6.16. The standard InChI is InChI=1S/C18H27ClN2O4S/c1-18(2,3)25-17(22)20(4)16-9-6-10-21(12-16)26(23,24)13-14-7-5-8-15(19)11-14/h5,7-8,11,16H,6,9-10,12-13H2,1-4H3/t16-/m1/s1. The molecule has 1 saturated heterocycles. The highest BCUT2D eigenvalue weighted by molar-refractivity contribution is 7.88. The fourth-order valence-corrected chi connectivity index (χ4v) is 4.70. The molecule has 146 valence electrons. The second kappa shape index (κ2) is 8.15. The lowest BCUT2D eigenvalue weighted by Gasteiger charge is -2.37. The molecule has 6 nitrogen and oxygen atoms in total. The second-order valence-electron chi connectivity index (χ2n) is 7.63. The van der Waals surface area contributed by atoms with Crippen molar-refractivity contribution < 1.29 is 17.9 Å². The number of piperidine rings is 1. The van der Waals surface area contributed by atoms with E-state index >= 15 is 0 Å². The molecule has 0 unspecified atom stereocenters. The number of likely N-dealkylation sites (N-methyl/N-ethyl adjacent to an activating group) is 1. The van der Waals surface area contributed by atoms with Crippen LogP contribution in [-0.4, -0.2) is 55.5 Å². The fourth-order valence-electron chi connectivity index (χ4n) is 2.90. The molecule has 1 aliphatic heterocycles. The van der Waals surface area contributed by atoms with Crippen molar-refractivity contribution in [3.63, 3.8) is 0 Å². The smallest absolute Gasteiger partial charge is 0.410 e. The first kappa shape index (κ1) is 21.0. The topological polar surface area (TPSA) is 66.9 Å². The lowest BCUT2D eigenvalue weighted by atomic mass is 10.1. The number of carbonyl (C=O) groups is 1. The zero-order valence-electron chi connectivity index (χ0n) is 15.7. The molecule has 0 aliphatic carbocycles. The summed E-state index contributed by atoms with van der Waals surface area (Å²) >= 11 is 5.95. The van der Waals surface area contributed by atoms with E-state index in [1.165, 1.54) is 9.21 Å². The molecule has 8 heteroatoms. The van der Waals surface area contributed by atoms with Crippen molar-refractivity contribution in [3.05, 3.63) is 34.9 Å². The first-order valence-corrected chi connectivity index (χ1v) is 10.6. The van der Waals surface area contributed by atoms with Crippen LogP contribution in [0.1, 0.15) is 39.2 Å². The molecule has 1 heterocycles. The van der Waals surface area contributed by atoms with Gasteiger partial charge in [0.1, 0.15) is 5.60 Å². The van der Waals surface area contributed by atoms with Gasteiger partial charge in [0, 0.05) is 31.2 Å². The molecule has 1 aromatic rings. The van der Waals surface area contributed by atoms with Crippen molar-refractivity contribution in [2.45, 2.75) is 51.0 Å². The van der Waals surface area contributed by atoms with Gasteiger partial charge in [0.05, 0.1) is 5.75 Å². The average Bonchev–Trinajstić information content (AvgIpc) is 2.52. The molecule has 1 fully saturated rings. The Labute approximate surface area is 161 Å². The van der Waals surface area contributed by atoms with Gasteiger partial charge in [-0.25, -0.2) is 13.2 Å². The highest BCUT2D eigenvalue weighted by Crippen LogP contribution is 2.22. The van der Waals surface area contributed by atoms with Gasteiger partial charge in [-0.2, -0.15) is 4.31 Å². The fraction of sp³-hybridized carbons (Fsp3) is 0.611. The number of hydrogen-bond acceptors (Lipinski definition) is 4. The number of carbonyl (C=O) groups excluding carboxylic acids is 1. The number of halogens is 1. The highest BCUT2D eigenvalue weighted by atomic mass is 35.5. The summed E-state index contributed by atoms with van der Waals surface area (Å²) in [6, 6.07) is 6.66. The Balaban J connectivity index is 2.05. The Hall–Kier alpha value is -1.31. The maximum absolute atomic E-state index is 12.8. The predicted octanol–water partition coefficient (Wildman–Crippen LogP) is 3.50. The maximum Gasteiger partial charge on any atom is 0.410 e. The Morgan fingerprint density at radius 3 is 2.69 bits per heavy atom. The Morgan fingerprint density at radius 1 is 1.38 bits per heavy atom. The van der Waals surface area contributed by atoms with E-state index in [1.54, 1.807) is 52.1 Å². The number of rotatable bonds is 4. The van der Waals surface area contributed by atoms with Crippen LogP contribution in [0.25, 0.3) is 0 Å². The van der Waals surface area contributed by atoms with Crippen molar-refractivity contribution in [1.29, 1.82) is 0 Å². The molecule has 0 radical (unpaired) electrons. The van der Waals surface area contributed by atoms with Gasteiger partial charge in [-0.05, 0) is 51.3 Å². The van der Waals surface area contributed by atoms with Gasteiger partial charge in [0.15, 0.2) is 0 Å². The Kier molecular flexibility index (Phi) is 6.58. The highest BCUT2D eigenvalue weighted by Gasteiger charge is 2.33. The van der Waals surface area contributed by atoms with Crippen LogP contribution >= 0.6 is 11.6 Å². The molecule has 0 aromatic heterocycles. The van der Waals surface area contributed by atoms with Crippen LogP contribution in [-0.2, 0) is 20.5 Å². The van der Waals surface area contributed by atoms with E-state index < -0.39 is 21.7 Å². The summed E-state index contributed by atoms with van der Waals surface area (Å²) < 4.78 is 32.4. The SMILES string of the molecule is CN(C(=O)OC(C)(C)C)[C@@H]1CCCN(S(=O)(=O)Cc2cccc(Cl)c2)C1. The maximum atomic E-state index is 12.8. The van der Waals surface area contributed by atoms with Crippen molar-refractivity contribution in [1.82, 2.24) is 9.21 Å². The van der Waals surface area contributed by atoms with Gasteiger partial charge >= 0.3 is 6.09 Å². The quantitative estimate of drug-likeness (QED) is 0.772. The molecule has 1 aromatic carbocycles. The van der Waals surface area contributed by atoms with E-state index in [9.17, 15) is 13.2 Å². The first-order chi connectivity index (χ1) is 12.0. The van der Waals surface area contributed by atoms with Crippen LogP contribution in [0.15, 0.2) is 24.3 Å². The van der Waals surface area contributed by atoms with Crippen LogP contribution in [0.5, 0.6) is 0 Å². The van der Waals surface area contributed by atoms with E-state index in [1.807, 2.05) is 0 Å². The normalized spacial score (nSPS) is 19.2. The summed E-state index contributed by atoms with van der Waals surface area (Å²) in [5.74, 6) is -0.101. The molecule has 0 bridgehead atoms. The molecule has 1 atom stereocenters. The first-order valence-electron chi connectivity index (χ1n) is 8.66. The minimum Gasteiger partial charge on any atom is -0.444 e. The number of hydrogen-bond donors (Lipinski definition) is 0. The van der Waals surface area contributed by atoms with E-state index in [0.29, 0.717) is 23.6 Å². The third-order valence-electron chi connectivity index (χ3n) is 4.22. The summed E-state index contributed by atoms with van der Waals surface area (Å²) in [7, 11) is -1.83. The van der Waals surface area contributed by atoms with Crippen LogP contribution in [0.4, 0.5) is 4.79 Å². The van der Waals surface area contributed by atoms with Gasteiger partial charge in [-0.1, -0.05) is 23.7 Å². The Bertz CT molecular complexity index is 746. The van der Waals surface area contributed by atoms with Gasteiger partial charge in [0.25, 0.3) is 0 Å². The minimum atomic E-state index is -3.48. The van der Waals surface area contributed by atoms with Gasteiger partial charge < -0.3 is 9.64 Å². The molecule has 0 saturated carbocycles. The van der Waals surface area contributed by atoms with Crippen LogP contribution in [0.3, 0.4) is 0 Å². The summed E-state index contributed by atoms with van der Waals surface area (Å²) in [6.07, 6.45) is 1.02. The van der Waals surface area contributed by atoms with Crippen molar-refractivity contribution >= 4 is 27.7 Å². The molecule has 0 spiro atoms. The molecule has 1 amide bonds. The molecular weight excluding hydrogens is 376 g/mol. The second-order valence-corrected chi connectivity index (χ2v) is 10.0. The van der Waals surface area contributed by atoms with Gasteiger partial charge in [0.2, 0.25) is 10.0 Å². The average molecular weight is 403 g/mol. The lowest BCUT2D eigenvalue weighted by Crippen LogP contribution is -2.51. The van der Waals surface area contributed by atoms with Crippen LogP contribution in [0, 0.1) is 0 Å². The number of benzene rings is 1. The molecular formula is C18H27ClN2O4S. The predicted molar refractivity (Wildman–Crippen MR) is 103 cm³/mol. The zero-order chi connectivity index (χ0) is 19.5.